The average molecular weight is 176 g/mol. The smallest absolute Gasteiger partial charge is 0.293 e. The molecule has 0 atom stereocenters. The summed E-state index contributed by atoms with van der Waals surface area (Å²) in [6.45, 7) is 5.92. The number of thiocarbonyl (C=S) groups is 1. The highest BCUT2D eigenvalue weighted by Gasteiger charge is 2.07. The van der Waals surface area contributed by atoms with Gasteiger partial charge in [0, 0.05) is 0 Å². The molecule has 2 N–H and O–H groups in total. The van der Waals surface area contributed by atoms with Gasteiger partial charge in [-0.25, -0.2) is 0 Å². The fourth-order valence-corrected chi connectivity index (χ4v) is 0.144. The van der Waals surface area contributed by atoms with Gasteiger partial charge in [-0.05, 0) is 33.0 Å². The molecule has 0 rings (SSSR count). The molecule has 0 aromatic carbocycles. The van der Waals surface area contributed by atoms with E-state index in [-0.39, 0.29) is 5.60 Å². The topological polar surface area (TPSA) is 64.7 Å². The Hall–Kier alpha value is -0.930. The van der Waals surface area contributed by atoms with E-state index in [0.717, 1.165) is 0 Å². The number of isothiocyanates is 1. The van der Waals surface area contributed by atoms with Crippen LogP contribution in [0, 0.1) is 0 Å². The molecule has 0 aliphatic heterocycles. The monoisotopic (exact) mass is 176 g/mol. The predicted octanol–water partition coefficient (Wildman–Crippen LogP) is 0.921. The van der Waals surface area contributed by atoms with Gasteiger partial charge in [0.05, 0.1) is 5.16 Å². The lowest BCUT2D eigenvalue weighted by Gasteiger charge is -2.14. The van der Waals surface area contributed by atoms with Crippen molar-refractivity contribution in [1.82, 2.24) is 0 Å². The minimum absolute atomic E-state index is 0.318. The van der Waals surface area contributed by atoms with Gasteiger partial charge in [0.1, 0.15) is 5.60 Å². The summed E-state index contributed by atoms with van der Waals surface area (Å²) in [5.74, 6) is 4.44. The van der Waals surface area contributed by atoms with Crippen LogP contribution in [-0.4, -0.2) is 17.2 Å². The van der Waals surface area contributed by atoms with Gasteiger partial charge in [-0.3, -0.25) is 4.79 Å². The fourth-order valence-electron chi connectivity index (χ4n) is 0.144. The van der Waals surface area contributed by atoms with E-state index in [9.17, 15) is 4.79 Å². The summed E-state index contributed by atoms with van der Waals surface area (Å²) in [5, 5.41) is 4.72. The molecule has 4 nitrogen and oxygen atoms in total. The van der Waals surface area contributed by atoms with Gasteiger partial charge in [-0.15, -0.1) is 5.10 Å². The number of hydrogen-bond donors (Lipinski definition) is 1. The number of hydrogen-bond acceptors (Lipinski definition) is 5. The number of rotatable bonds is 1. The number of nitrogens with zero attached hydrogens (tertiary/aromatic N) is 1. The van der Waals surface area contributed by atoms with Crippen LogP contribution in [0.15, 0.2) is 5.10 Å². The van der Waals surface area contributed by atoms with E-state index in [1.54, 1.807) is 0 Å². The lowest BCUT2D eigenvalue weighted by atomic mass is 10.2. The van der Waals surface area contributed by atoms with Crippen molar-refractivity contribution >= 4 is 23.9 Å². The molecule has 0 unspecified atom stereocenters. The zero-order chi connectivity index (χ0) is 9.33. The summed E-state index contributed by atoms with van der Waals surface area (Å²) in [4.78, 5) is 9.60. The third-order valence-electron chi connectivity index (χ3n) is 0.454. The number of nitrogens with two attached hydrogens (primary N) is 1. The van der Waals surface area contributed by atoms with Gasteiger partial charge in [-0.2, -0.15) is 0 Å². The van der Waals surface area contributed by atoms with E-state index in [1.165, 1.54) is 0 Å². The molecule has 0 bridgehead atoms. The summed E-state index contributed by atoms with van der Waals surface area (Å²) in [6, 6.07) is 0. The Morgan fingerprint density at radius 3 is 2.00 bits per heavy atom. The first-order valence-corrected chi connectivity index (χ1v) is 3.27. The Morgan fingerprint density at radius 2 is 2.00 bits per heavy atom. The van der Waals surface area contributed by atoms with Crippen molar-refractivity contribution in [3.05, 3.63) is 0 Å². The minimum Gasteiger partial charge on any atom is -0.462 e. The molecule has 11 heavy (non-hydrogen) atoms. The summed E-state index contributed by atoms with van der Waals surface area (Å²) < 4.78 is 4.55. The summed E-state index contributed by atoms with van der Waals surface area (Å²) in [5.41, 5.74) is -0.318. The van der Waals surface area contributed by atoms with Crippen LogP contribution in [-0.2, 0) is 9.53 Å². The number of carbonyl (C=O) groups excluding carboxylic acids is 1. The lowest BCUT2D eigenvalue weighted by molar-refractivity contribution is -0.138. The van der Waals surface area contributed by atoms with Crippen molar-refractivity contribution in [2.45, 2.75) is 26.4 Å². The first-order valence-electron chi connectivity index (χ1n) is 2.86. The Kier molecular flexibility index (Phi) is 8.30. The zero-order valence-corrected chi connectivity index (χ0v) is 7.64. The Labute approximate surface area is 71.4 Å². The van der Waals surface area contributed by atoms with E-state index in [0.29, 0.717) is 6.47 Å². The molecule has 0 aromatic rings. The molecule has 64 valence electrons. The van der Waals surface area contributed by atoms with E-state index in [4.69, 9.17) is 0 Å². The van der Waals surface area contributed by atoms with Crippen LogP contribution in [0.25, 0.3) is 0 Å². The molecule has 0 aliphatic rings. The number of carbonyl (C=O) groups is 1. The number of ether oxygens (including phenoxy) is 1. The maximum absolute atomic E-state index is 9.60. The van der Waals surface area contributed by atoms with Gasteiger partial charge in [0.15, 0.2) is 0 Å². The predicted molar refractivity (Wildman–Crippen MR) is 46.1 cm³/mol. The molecule has 0 saturated heterocycles. The van der Waals surface area contributed by atoms with Crippen LogP contribution in [0.3, 0.4) is 0 Å². The highest BCUT2D eigenvalue weighted by Crippen LogP contribution is 2.02. The first-order chi connectivity index (χ1) is 4.97. The molecule has 5 heteroatoms. The first kappa shape index (κ1) is 12.7. The lowest BCUT2D eigenvalue weighted by Crippen LogP contribution is -2.17. The molecule has 0 radical (unpaired) electrons. The van der Waals surface area contributed by atoms with Crippen molar-refractivity contribution in [2.75, 3.05) is 0 Å². The van der Waals surface area contributed by atoms with Crippen LogP contribution in [0.1, 0.15) is 20.8 Å². The van der Waals surface area contributed by atoms with E-state index < -0.39 is 0 Å². The zero-order valence-electron chi connectivity index (χ0n) is 6.83. The van der Waals surface area contributed by atoms with Crippen molar-refractivity contribution in [2.24, 2.45) is 10.9 Å². The molecular weight excluding hydrogens is 164 g/mol. The summed E-state index contributed by atoms with van der Waals surface area (Å²) >= 11 is 4.01. The molecule has 0 aromatic heterocycles. The summed E-state index contributed by atoms with van der Waals surface area (Å²) in [6.07, 6.45) is 0. The highest BCUT2D eigenvalue weighted by molar-refractivity contribution is 7.78. The van der Waals surface area contributed by atoms with Crippen molar-refractivity contribution in [1.29, 1.82) is 0 Å². The minimum atomic E-state index is -0.318. The molecular formula is C6H12N2O2S. The second kappa shape index (κ2) is 7.18. The van der Waals surface area contributed by atoms with E-state index in [1.807, 2.05) is 25.9 Å². The Bertz CT molecular complexity index is 147. The summed E-state index contributed by atoms with van der Waals surface area (Å²) in [7, 11) is 0. The second-order valence-electron chi connectivity index (χ2n) is 2.55. The SMILES string of the molecule is CC(C)(C)OC=O.NN=C=S. The molecule has 0 aliphatic carbocycles. The van der Waals surface area contributed by atoms with Crippen LogP contribution < -0.4 is 5.84 Å². The van der Waals surface area contributed by atoms with Gasteiger partial charge in [0.25, 0.3) is 6.47 Å². The molecule has 0 amide bonds. The quantitative estimate of drug-likeness (QED) is 0.212. The van der Waals surface area contributed by atoms with E-state index in [2.05, 4.69) is 27.9 Å². The maximum atomic E-state index is 9.60. The molecule has 0 saturated carbocycles. The Morgan fingerprint density at radius 1 is 1.64 bits per heavy atom. The number of hydrazone groups is 1. The molecule has 0 heterocycles. The van der Waals surface area contributed by atoms with Crippen LogP contribution in [0.4, 0.5) is 0 Å². The Balaban J connectivity index is 0. The van der Waals surface area contributed by atoms with Gasteiger partial charge >= 0.3 is 0 Å². The van der Waals surface area contributed by atoms with Crippen LogP contribution in [0.5, 0.6) is 0 Å². The second-order valence-corrected chi connectivity index (χ2v) is 2.73. The standard InChI is InChI=1S/C5H10O2.CH2N2S/c1-5(2,3)7-4-6;2-3-1-4/h4H,1-3H3;2H2. The fraction of sp³-hybridized carbons (Fsp3) is 0.667. The van der Waals surface area contributed by atoms with Crippen LogP contribution in [0.2, 0.25) is 0 Å². The van der Waals surface area contributed by atoms with Crippen LogP contribution >= 0.6 is 12.2 Å². The third kappa shape index (κ3) is 27.4. The van der Waals surface area contributed by atoms with Gasteiger partial charge in [0.2, 0.25) is 0 Å². The van der Waals surface area contributed by atoms with E-state index >= 15 is 0 Å². The third-order valence-corrected chi connectivity index (χ3v) is 0.560. The average Bonchev–Trinajstić information content (AvgIpc) is 1.86. The van der Waals surface area contributed by atoms with Crippen molar-refractivity contribution in [3.8, 4) is 0 Å². The van der Waals surface area contributed by atoms with Gasteiger partial charge in [-0.1, -0.05) is 0 Å². The molecule has 0 spiro atoms. The van der Waals surface area contributed by atoms with Gasteiger partial charge < -0.3 is 10.6 Å². The van der Waals surface area contributed by atoms with Crippen molar-refractivity contribution < 1.29 is 9.53 Å². The largest absolute Gasteiger partial charge is 0.462 e. The maximum Gasteiger partial charge on any atom is 0.293 e. The van der Waals surface area contributed by atoms with Crippen molar-refractivity contribution in [3.63, 3.8) is 0 Å². The normalized spacial score (nSPS) is 8.27. The molecule has 0 fully saturated rings. The highest BCUT2D eigenvalue weighted by atomic mass is 32.1.